The second-order valence-electron chi connectivity index (χ2n) is 6.54. The molecule has 1 heterocycles. The molecule has 6 nitrogen and oxygen atoms in total. The van der Waals surface area contributed by atoms with Gasteiger partial charge in [0.25, 0.3) is 5.91 Å². The molecule has 2 amide bonds. The number of aliphatic carboxylic acids is 1. The van der Waals surface area contributed by atoms with Crippen molar-refractivity contribution in [1.82, 2.24) is 0 Å². The normalized spacial score (nSPS) is 16.3. The molecule has 1 aliphatic carbocycles. The molecule has 0 saturated heterocycles. The SMILES string of the molecule is NC(=O)c1c(NC(=O)C=CC(=O)[O-])sc2c1CCCCCCCCCC2. The first-order valence-corrected chi connectivity index (χ1v) is 9.95. The third-order valence-electron chi connectivity index (χ3n) is 4.53. The number of hydrogen-bond acceptors (Lipinski definition) is 5. The fourth-order valence-corrected chi connectivity index (χ4v) is 4.57. The fraction of sp³-hybridized carbons (Fsp3) is 0.526. The molecular weight excluding hydrogens is 352 g/mol. The summed E-state index contributed by atoms with van der Waals surface area (Å²) in [5, 5.41) is 13.4. The lowest BCUT2D eigenvalue weighted by atomic mass is 9.97. The van der Waals surface area contributed by atoms with Gasteiger partial charge >= 0.3 is 0 Å². The Hall–Kier alpha value is -2.15. The minimum absolute atomic E-state index is 0.372. The summed E-state index contributed by atoms with van der Waals surface area (Å²) >= 11 is 1.37. The van der Waals surface area contributed by atoms with Crippen LogP contribution in [-0.2, 0) is 22.4 Å². The van der Waals surface area contributed by atoms with Crippen LogP contribution < -0.4 is 16.2 Å². The Bertz CT molecular complexity index is 694. The third kappa shape index (κ3) is 5.98. The van der Waals surface area contributed by atoms with Gasteiger partial charge in [-0.05, 0) is 37.3 Å². The molecule has 0 bridgehead atoms. The van der Waals surface area contributed by atoms with Gasteiger partial charge in [-0.25, -0.2) is 0 Å². The molecule has 26 heavy (non-hydrogen) atoms. The van der Waals surface area contributed by atoms with Crippen molar-refractivity contribution in [1.29, 1.82) is 0 Å². The van der Waals surface area contributed by atoms with Gasteiger partial charge in [-0.15, -0.1) is 11.3 Å². The van der Waals surface area contributed by atoms with E-state index in [0.717, 1.165) is 55.0 Å². The number of carbonyl (C=O) groups is 3. The lowest BCUT2D eigenvalue weighted by Crippen LogP contribution is -2.20. The number of carbonyl (C=O) groups excluding carboxylic acids is 3. The number of carboxylic acids is 1. The Balaban J connectivity index is 2.27. The molecule has 1 aliphatic rings. The number of nitrogens with one attached hydrogen (secondary N) is 1. The van der Waals surface area contributed by atoms with Crippen LogP contribution in [0.4, 0.5) is 5.00 Å². The van der Waals surface area contributed by atoms with Crippen LogP contribution in [0.15, 0.2) is 12.2 Å². The second-order valence-corrected chi connectivity index (χ2v) is 7.65. The highest BCUT2D eigenvalue weighted by Crippen LogP contribution is 2.36. The van der Waals surface area contributed by atoms with E-state index in [1.165, 1.54) is 37.0 Å². The maximum Gasteiger partial charge on any atom is 0.251 e. The zero-order valence-electron chi connectivity index (χ0n) is 14.8. The Morgan fingerprint density at radius 1 is 0.923 bits per heavy atom. The van der Waals surface area contributed by atoms with Crippen molar-refractivity contribution in [3.63, 3.8) is 0 Å². The highest BCUT2D eigenvalue weighted by Gasteiger charge is 2.22. The van der Waals surface area contributed by atoms with E-state index in [0.29, 0.717) is 16.6 Å². The number of primary amides is 1. The number of anilines is 1. The molecule has 142 valence electrons. The van der Waals surface area contributed by atoms with Crippen LogP contribution in [-0.4, -0.2) is 17.8 Å². The summed E-state index contributed by atoms with van der Waals surface area (Å²) in [5.41, 5.74) is 6.91. The van der Waals surface area contributed by atoms with Crippen LogP contribution in [0.25, 0.3) is 0 Å². The number of rotatable bonds is 4. The largest absolute Gasteiger partial charge is 0.545 e. The van der Waals surface area contributed by atoms with Crippen LogP contribution in [0.3, 0.4) is 0 Å². The topological polar surface area (TPSA) is 112 Å². The van der Waals surface area contributed by atoms with E-state index in [1.54, 1.807) is 0 Å². The van der Waals surface area contributed by atoms with Gasteiger partial charge in [-0.1, -0.05) is 38.5 Å². The summed E-state index contributed by atoms with van der Waals surface area (Å²) in [5.74, 6) is -2.63. The predicted octanol–water partition coefficient (Wildman–Crippen LogP) is 2.31. The zero-order valence-corrected chi connectivity index (χ0v) is 15.7. The van der Waals surface area contributed by atoms with E-state index >= 15 is 0 Å². The highest BCUT2D eigenvalue weighted by molar-refractivity contribution is 7.17. The van der Waals surface area contributed by atoms with Gasteiger partial charge in [-0.2, -0.15) is 0 Å². The summed E-state index contributed by atoms with van der Waals surface area (Å²) in [6.45, 7) is 0. The number of carboxylic acid groups (broad SMARTS) is 1. The molecule has 1 aromatic heterocycles. The molecule has 0 spiro atoms. The van der Waals surface area contributed by atoms with Crippen LogP contribution in [0.2, 0.25) is 0 Å². The van der Waals surface area contributed by atoms with Gasteiger partial charge in [0.2, 0.25) is 5.91 Å². The van der Waals surface area contributed by atoms with Gasteiger partial charge in [0.05, 0.1) is 11.5 Å². The van der Waals surface area contributed by atoms with Crippen LogP contribution in [0.1, 0.15) is 72.2 Å². The molecule has 0 radical (unpaired) electrons. The zero-order chi connectivity index (χ0) is 18.9. The van der Waals surface area contributed by atoms with Gasteiger partial charge in [0, 0.05) is 11.0 Å². The molecule has 0 fully saturated rings. The second kappa shape index (κ2) is 10.1. The Morgan fingerprint density at radius 3 is 2.08 bits per heavy atom. The molecule has 7 heteroatoms. The lowest BCUT2D eigenvalue weighted by molar-refractivity contribution is -0.297. The maximum atomic E-state index is 12.0. The molecule has 0 saturated carbocycles. The van der Waals surface area contributed by atoms with E-state index in [4.69, 9.17) is 5.73 Å². The third-order valence-corrected chi connectivity index (χ3v) is 5.73. The molecule has 0 unspecified atom stereocenters. The van der Waals surface area contributed by atoms with Crippen LogP contribution in [0, 0.1) is 0 Å². The van der Waals surface area contributed by atoms with Gasteiger partial charge < -0.3 is 21.0 Å². The Labute approximate surface area is 157 Å². The minimum Gasteiger partial charge on any atom is -0.545 e. The van der Waals surface area contributed by atoms with Crippen molar-refractivity contribution < 1.29 is 19.5 Å². The number of nitrogens with two attached hydrogens (primary N) is 1. The number of hydrogen-bond donors (Lipinski definition) is 2. The number of amides is 2. The van der Waals surface area contributed by atoms with Crippen molar-refractivity contribution in [2.45, 2.75) is 64.2 Å². The molecule has 0 aliphatic heterocycles. The Morgan fingerprint density at radius 2 is 1.50 bits per heavy atom. The van der Waals surface area contributed by atoms with E-state index in [9.17, 15) is 19.5 Å². The molecule has 0 aromatic carbocycles. The summed E-state index contributed by atoms with van der Waals surface area (Å²) in [6, 6.07) is 0. The summed E-state index contributed by atoms with van der Waals surface area (Å²) < 4.78 is 0. The van der Waals surface area contributed by atoms with Crippen molar-refractivity contribution in [3.05, 3.63) is 28.2 Å². The fourth-order valence-electron chi connectivity index (χ4n) is 3.27. The predicted molar refractivity (Wildman–Crippen MR) is 100.0 cm³/mol. The lowest BCUT2D eigenvalue weighted by Gasteiger charge is -2.09. The van der Waals surface area contributed by atoms with Crippen molar-refractivity contribution in [2.24, 2.45) is 5.73 Å². The van der Waals surface area contributed by atoms with Gasteiger partial charge in [0.15, 0.2) is 0 Å². The first-order valence-electron chi connectivity index (χ1n) is 9.13. The van der Waals surface area contributed by atoms with E-state index < -0.39 is 17.8 Å². The standard InChI is InChI=1S/C19H26N2O4S/c20-18(25)17-13-9-7-5-3-1-2-4-6-8-10-14(13)26-19(17)21-15(22)11-12-16(23)24/h11-12H,1-10H2,(H2,20,25)(H,21,22)(H,23,24)/p-1. The summed E-state index contributed by atoms with van der Waals surface area (Å²) in [6.07, 6.45) is 12.4. The molecule has 2 rings (SSSR count). The number of fused-ring (bicyclic) bond motifs is 1. The van der Waals surface area contributed by atoms with Crippen LogP contribution >= 0.6 is 11.3 Å². The average Bonchev–Trinajstić information content (AvgIpc) is 2.90. The first-order chi connectivity index (χ1) is 12.5. The maximum absolute atomic E-state index is 12.0. The van der Waals surface area contributed by atoms with Gasteiger partial charge in [0.1, 0.15) is 5.00 Å². The number of aryl methyl sites for hydroxylation is 1. The Kier molecular flexibility index (Phi) is 7.84. The molecule has 1 aromatic rings. The average molecular weight is 377 g/mol. The summed E-state index contributed by atoms with van der Waals surface area (Å²) in [7, 11) is 0. The van der Waals surface area contributed by atoms with Crippen molar-refractivity contribution in [2.75, 3.05) is 5.32 Å². The number of thiophene rings is 1. The first kappa shape index (κ1) is 20.2. The molecule has 0 atom stereocenters. The molecular formula is C19H25N2O4S-. The smallest absolute Gasteiger partial charge is 0.251 e. The van der Waals surface area contributed by atoms with Crippen LogP contribution in [0.5, 0.6) is 0 Å². The van der Waals surface area contributed by atoms with Crippen molar-refractivity contribution in [3.8, 4) is 0 Å². The minimum atomic E-state index is -1.45. The highest BCUT2D eigenvalue weighted by atomic mass is 32.1. The van der Waals surface area contributed by atoms with Gasteiger partial charge in [-0.3, -0.25) is 9.59 Å². The quantitative estimate of drug-likeness (QED) is 0.784. The van der Waals surface area contributed by atoms with E-state index in [-0.39, 0.29) is 0 Å². The van der Waals surface area contributed by atoms with Crippen molar-refractivity contribution >= 4 is 34.1 Å². The summed E-state index contributed by atoms with van der Waals surface area (Å²) in [4.78, 5) is 35.5. The van der Waals surface area contributed by atoms with E-state index in [2.05, 4.69) is 5.32 Å². The molecule has 3 N–H and O–H groups in total. The van der Waals surface area contributed by atoms with E-state index in [1.807, 2.05) is 0 Å². The monoisotopic (exact) mass is 377 g/mol.